The summed E-state index contributed by atoms with van der Waals surface area (Å²) in [5, 5.41) is 0. The minimum absolute atomic E-state index is 0. The van der Waals surface area contributed by atoms with E-state index in [0.29, 0.717) is 0 Å². The standard InChI is InChI=1S/C2H3.2W/c1-2;;/h1H,2H2;;/q-1;;/i2D2;;. The van der Waals surface area contributed by atoms with E-state index >= 15 is 0 Å². The Morgan fingerprint density at radius 1 is 1.75 bits per heavy atom. The molecule has 0 bridgehead atoms. The van der Waals surface area contributed by atoms with Gasteiger partial charge in [-0.1, -0.05) is 0 Å². The molecule has 4 heavy (non-hydrogen) atoms. The first-order valence-electron chi connectivity index (χ1n) is 1.29. The van der Waals surface area contributed by atoms with Crippen molar-refractivity contribution < 1.29 is 44.9 Å². The van der Waals surface area contributed by atoms with Crippen molar-refractivity contribution in [3.63, 3.8) is 0 Å². The smallest absolute Gasteiger partial charge is 0.0125 e. The van der Waals surface area contributed by atoms with E-state index in [2.05, 4.69) is 6.58 Å². The zero-order valence-electron chi connectivity index (χ0n) is 3.89. The van der Waals surface area contributed by atoms with Crippen molar-refractivity contribution in [1.82, 2.24) is 0 Å². The summed E-state index contributed by atoms with van der Waals surface area (Å²) >= 11 is 0. The van der Waals surface area contributed by atoms with Gasteiger partial charge < -0.3 is 6.58 Å². The normalized spacial score (nSPS) is 7.00. The average Bonchev–Trinajstić information content (AvgIpc) is 0.811. The Labute approximate surface area is 58.0 Å². The van der Waals surface area contributed by atoms with Gasteiger partial charge in [-0.2, -0.15) is 0 Å². The first-order valence-corrected chi connectivity index (χ1v) is 0.289. The maximum absolute atomic E-state index is 5.94. The number of hydrogen-bond donors (Lipinski definition) is 0. The Morgan fingerprint density at radius 2 is 1.75 bits per heavy atom. The fourth-order valence-corrected chi connectivity index (χ4v) is 0. The molecule has 0 amide bonds. The Kier molecular flexibility index (Phi) is 41.0. The van der Waals surface area contributed by atoms with Crippen molar-refractivity contribution in [2.24, 2.45) is 0 Å². The Morgan fingerprint density at radius 3 is 1.75 bits per heavy atom. The van der Waals surface area contributed by atoms with E-state index in [1.807, 2.05) is 0 Å². The molecule has 0 aliphatic heterocycles. The monoisotopic (exact) mass is 397 g/mol. The van der Waals surface area contributed by atoms with Crippen LogP contribution in [0.1, 0.15) is 2.74 Å². The zero-order chi connectivity index (χ0) is 3.58. The summed E-state index contributed by atoms with van der Waals surface area (Å²) in [5.74, 6) is 0. The van der Waals surface area contributed by atoms with Gasteiger partial charge in [0.1, 0.15) is 0 Å². The third kappa shape index (κ3) is 11.2. The van der Waals surface area contributed by atoms with Crippen molar-refractivity contribution >= 4 is 0 Å². The number of rotatable bonds is 0. The second-order valence-electron chi connectivity index (χ2n) is 0. The molecule has 0 spiro atoms. The fraction of sp³-hybridized carbons (Fsp3) is 0. The predicted octanol–water partition coefficient (Wildman–Crippen LogP) is 0.600. The summed E-state index contributed by atoms with van der Waals surface area (Å²) in [5.41, 5.74) is 0. The first kappa shape index (κ1) is 5.12. The van der Waals surface area contributed by atoms with Gasteiger partial charge in [-0.15, -0.1) is 0 Å². The van der Waals surface area contributed by atoms with E-state index in [0.717, 1.165) is 0 Å². The van der Waals surface area contributed by atoms with Crippen LogP contribution < -0.4 is 0 Å². The van der Waals surface area contributed by atoms with E-state index < -0.39 is 6.53 Å². The van der Waals surface area contributed by atoms with Gasteiger partial charge in [-0.05, 0) is 0 Å². The molecule has 0 rings (SSSR count). The maximum atomic E-state index is 5.94. The average molecular weight is 397 g/mol. The van der Waals surface area contributed by atoms with Gasteiger partial charge >= 0.3 is 0 Å². The fourth-order valence-electron chi connectivity index (χ4n) is 0. The van der Waals surface area contributed by atoms with Crippen molar-refractivity contribution in [3.8, 4) is 0 Å². The predicted molar refractivity (Wildman–Crippen MR) is 9.93 cm³/mol. The van der Waals surface area contributed by atoms with Crippen LogP contribution in [-0.4, -0.2) is 0 Å². The van der Waals surface area contributed by atoms with Gasteiger partial charge in [0.25, 0.3) is 0 Å². The van der Waals surface area contributed by atoms with Crippen LogP contribution in [-0.2, 0) is 42.1 Å². The molecule has 0 aromatic carbocycles. The summed E-state index contributed by atoms with van der Waals surface area (Å²) in [6, 6.07) is 0. The van der Waals surface area contributed by atoms with Crippen molar-refractivity contribution in [1.29, 1.82) is 0 Å². The van der Waals surface area contributed by atoms with Crippen LogP contribution >= 0.6 is 0 Å². The topological polar surface area (TPSA) is 0 Å². The summed E-state index contributed by atoms with van der Waals surface area (Å²) in [7, 11) is 0. The van der Waals surface area contributed by atoms with Crippen LogP contribution in [0.4, 0.5) is 0 Å². The van der Waals surface area contributed by atoms with Crippen molar-refractivity contribution in [3.05, 3.63) is 13.1 Å². The van der Waals surface area contributed by atoms with Crippen molar-refractivity contribution in [2.75, 3.05) is 0 Å². The molecule has 0 saturated heterocycles. The molecular formula is C2H3W2-. The molecule has 0 radical (unpaired) electrons. The second-order valence-corrected chi connectivity index (χ2v) is 0. The molecule has 24 valence electrons. The molecule has 2 heteroatoms. The van der Waals surface area contributed by atoms with E-state index in [-0.39, 0.29) is 42.1 Å². The molecule has 0 atom stereocenters. The van der Waals surface area contributed by atoms with Crippen LogP contribution in [0.15, 0.2) is 6.53 Å². The van der Waals surface area contributed by atoms with Crippen LogP contribution in [0.2, 0.25) is 0 Å². The third-order valence-corrected chi connectivity index (χ3v) is 0. The van der Waals surface area contributed by atoms with Crippen LogP contribution in [0.5, 0.6) is 0 Å². The van der Waals surface area contributed by atoms with Crippen LogP contribution in [0.3, 0.4) is 0 Å². The SMILES string of the molecule is [2H]C([2H])=[CH-].[W].[W]. The van der Waals surface area contributed by atoms with Crippen LogP contribution in [0.25, 0.3) is 0 Å². The molecule has 0 aliphatic carbocycles. The minimum Gasteiger partial charge on any atom is -0.521 e. The van der Waals surface area contributed by atoms with Gasteiger partial charge in [0.05, 0.1) is 0 Å². The molecular weight excluding hydrogens is 392 g/mol. The molecule has 0 aromatic rings. The van der Waals surface area contributed by atoms with Gasteiger partial charge in [0.2, 0.25) is 0 Å². The quantitative estimate of drug-likeness (QED) is 0.526. The molecule has 0 N–H and O–H groups in total. The van der Waals surface area contributed by atoms with E-state index in [1.54, 1.807) is 0 Å². The molecule has 0 saturated carbocycles. The van der Waals surface area contributed by atoms with Gasteiger partial charge in [0, 0.05) is 44.9 Å². The molecule has 0 fully saturated rings. The van der Waals surface area contributed by atoms with Gasteiger partial charge in [-0.3, -0.25) is 6.53 Å². The van der Waals surface area contributed by atoms with E-state index in [1.165, 1.54) is 0 Å². The van der Waals surface area contributed by atoms with Crippen LogP contribution in [0, 0.1) is 6.58 Å². The van der Waals surface area contributed by atoms with E-state index in [4.69, 9.17) is 2.74 Å². The molecule has 0 unspecified atom stereocenters. The van der Waals surface area contributed by atoms with Gasteiger partial charge in [-0.25, -0.2) is 0 Å². The van der Waals surface area contributed by atoms with E-state index in [9.17, 15) is 0 Å². The summed E-state index contributed by atoms with van der Waals surface area (Å²) in [6.07, 6.45) is 0. The Bertz CT molecular complexity index is 32.5. The largest absolute Gasteiger partial charge is 0.521 e. The molecule has 0 heterocycles. The maximum Gasteiger partial charge on any atom is 0.0125 e. The Balaban J connectivity index is -0.0000000450. The minimum atomic E-state index is -0.583. The van der Waals surface area contributed by atoms with Crippen molar-refractivity contribution in [2.45, 2.75) is 0 Å². The summed E-state index contributed by atoms with van der Waals surface area (Å²) < 4.78 is 11.9. The number of hydrogen-bond acceptors (Lipinski definition) is 0. The summed E-state index contributed by atoms with van der Waals surface area (Å²) in [4.78, 5) is 0. The molecule has 0 aliphatic rings. The molecule has 0 aromatic heterocycles. The van der Waals surface area contributed by atoms with Gasteiger partial charge in [0.15, 0.2) is 0 Å². The molecule has 0 nitrogen and oxygen atoms in total. The summed E-state index contributed by atoms with van der Waals surface area (Å²) in [6.45, 7) is 3.78. The second kappa shape index (κ2) is 32.1. The zero-order valence-corrected chi connectivity index (χ0v) is 7.76. The first-order chi connectivity index (χ1) is 1.73. The Hall–Kier alpha value is 1.12. The third-order valence-electron chi connectivity index (χ3n) is 0.